The van der Waals surface area contributed by atoms with Crippen molar-refractivity contribution in [2.24, 2.45) is 0 Å². The van der Waals surface area contributed by atoms with E-state index in [0.29, 0.717) is 11.7 Å². The summed E-state index contributed by atoms with van der Waals surface area (Å²) in [6.07, 6.45) is 1.21. The molecule has 0 spiro atoms. The summed E-state index contributed by atoms with van der Waals surface area (Å²) in [7, 11) is 0. The van der Waals surface area contributed by atoms with Gasteiger partial charge in [0.25, 0.3) is 0 Å². The fourth-order valence-corrected chi connectivity index (χ4v) is 1.67. The van der Waals surface area contributed by atoms with Gasteiger partial charge in [0.15, 0.2) is 0 Å². The third-order valence-corrected chi connectivity index (χ3v) is 2.83. The molecule has 4 heteroatoms. The van der Waals surface area contributed by atoms with Gasteiger partial charge in [0.2, 0.25) is 0 Å². The number of furan rings is 1. The second-order valence-electron chi connectivity index (χ2n) is 4.62. The second kappa shape index (κ2) is 5.61. The number of rotatable bonds is 5. The van der Waals surface area contributed by atoms with E-state index in [0.717, 1.165) is 5.75 Å². The minimum atomic E-state index is -1.00. The number of carboxylic acid groups (broad SMARTS) is 1. The summed E-state index contributed by atoms with van der Waals surface area (Å²) < 4.78 is 10.6. The van der Waals surface area contributed by atoms with Gasteiger partial charge in [-0.15, -0.1) is 0 Å². The van der Waals surface area contributed by atoms with Crippen molar-refractivity contribution in [3.63, 3.8) is 0 Å². The Morgan fingerprint density at radius 1 is 1.32 bits per heavy atom. The molecule has 0 aliphatic carbocycles. The third-order valence-electron chi connectivity index (χ3n) is 2.83. The Kier molecular flexibility index (Phi) is 3.90. The van der Waals surface area contributed by atoms with E-state index in [2.05, 4.69) is 13.8 Å². The Morgan fingerprint density at radius 3 is 2.53 bits per heavy atom. The molecule has 1 aromatic carbocycles. The zero-order valence-electron chi connectivity index (χ0n) is 10.9. The van der Waals surface area contributed by atoms with Crippen molar-refractivity contribution in [3.05, 3.63) is 53.5 Å². The summed E-state index contributed by atoms with van der Waals surface area (Å²) in [6, 6.07) is 9.30. The van der Waals surface area contributed by atoms with Gasteiger partial charge in [0.05, 0.1) is 5.56 Å². The first-order valence-corrected chi connectivity index (χ1v) is 6.09. The maximum Gasteiger partial charge on any atom is 0.338 e. The predicted octanol–water partition coefficient (Wildman–Crippen LogP) is 3.68. The maximum atomic E-state index is 10.7. The van der Waals surface area contributed by atoms with Crippen molar-refractivity contribution in [2.75, 3.05) is 0 Å². The van der Waals surface area contributed by atoms with Crippen LogP contribution >= 0.6 is 0 Å². The predicted molar refractivity (Wildman–Crippen MR) is 70.5 cm³/mol. The molecule has 1 heterocycles. The SMILES string of the molecule is CC(C)c1ccc(OCc2cc(C(=O)O)co2)cc1. The largest absolute Gasteiger partial charge is 0.486 e. The molecular formula is C15H16O4. The van der Waals surface area contributed by atoms with E-state index < -0.39 is 5.97 Å². The molecule has 0 aliphatic rings. The molecule has 0 radical (unpaired) electrons. The topological polar surface area (TPSA) is 59.7 Å². The van der Waals surface area contributed by atoms with Crippen LogP contribution in [0.15, 0.2) is 41.0 Å². The first-order valence-electron chi connectivity index (χ1n) is 6.09. The molecule has 0 bridgehead atoms. The Balaban J connectivity index is 1.96. The summed E-state index contributed by atoms with van der Waals surface area (Å²) in [6.45, 7) is 4.48. The van der Waals surface area contributed by atoms with E-state index in [1.165, 1.54) is 17.9 Å². The van der Waals surface area contributed by atoms with Crippen molar-refractivity contribution >= 4 is 5.97 Å². The maximum absolute atomic E-state index is 10.7. The zero-order chi connectivity index (χ0) is 13.8. The molecule has 2 rings (SSSR count). The lowest BCUT2D eigenvalue weighted by atomic mass is 10.0. The molecule has 4 nitrogen and oxygen atoms in total. The summed E-state index contributed by atoms with van der Waals surface area (Å²) in [5.74, 6) is 0.705. The van der Waals surface area contributed by atoms with Crippen LogP contribution in [0.4, 0.5) is 0 Å². The Hall–Kier alpha value is -2.23. The van der Waals surface area contributed by atoms with Crippen molar-refractivity contribution < 1.29 is 19.1 Å². The van der Waals surface area contributed by atoms with Gasteiger partial charge < -0.3 is 14.3 Å². The van der Waals surface area contributed by atoms with Gasteiger partial charge in [0, 0.05) is 0 Å². The summed E-state index contributed by atoms with van der Waals surface area (Å²) in [4.78, 5) is 10.7. The third kappa shape index (κ3) is 3.37. The first kappa shape index (κ1) is 13.2. The monoisotopic (exact) mass is 260 g/mol. The molecule has 0 fully saturated rings. The van der Waals surface area contributed by atoms with Gasteiger partial charge in [0.1, 0.15) is 24.4 Å². The number of ether oxygens (including phenoxy) is 1. The normalized spacial score (nSPS) is 10.7. The summed E-state index contributed by atoms with van der Waals surface area (Å²) in [5.41, 5.74) is 1.38. The Bertz CT molecular complexity index is 552. The van der Waals surface area contributed by atoms with Gasteiger partial charge in [-0.2, -0.15) is 0 Å². The molecule has 0 amide bonds. The van der Waals surface area contributed by atoms with E-state index in [9.17, 15) is 4.79 Å². The van der Waals surface area contributed by atoms with Gasteiger partial charge in [-0.25, -0.2) is 4.79 Å². The van der Waals surface area contributed by atoms with Crippen molar-refractivity contribution in [1.29, 1.82) is 0 Å². The van der Waals surface area contributed by atoms with E-state index in [4.69, 9.17) is 14.3 Å². The second-order valence-corrected chi connectivity index (χ2v) is 4.62. The molecule has 1 N–H and O–H groups in total. The van der Waals surface area contributed by atoms with Crippen LogP contribution in [0, 0.1) is 0 Å². The molecule has 2 aromatic rings. The Morgan fingerprint density at radius 2 is 2.00 bits per heavy atom. The van der Waals surface area contributed by atoms with Gasteiger partial charge in [-0.3, -0.25) is 0 Å². The summed E-state index contributed by atoms with van der Waals surface area (Å²) in [5, 5.41) is 8.77. The highest BCUT2D eigenvalue weighted by molar-refractivity contribution is 5.87. The molecule has 19 heavy (non-hydrogen) atoms. The van der Waals surface area contributed by atoms with Crippen LogP contribution in [0.25, 0.3) is 0 Å². The first-order chi connectivity index (χ1) is 9.06. The van der Waals surface area contributed by atoms with E-state index in [1.54, 1.807) is 0 Å². The van der Waals surface area contributed by atoms with Gasteiger partial charge in [-0.05, 0) is 29.7 Å². The van der Waals surface area contributed by atoms with Gasteiger partial charge >= 0.3 is 5.97 Å². The van der Waals surface area contributed by atoms with Crippen LogP contribution in [0.5, 0.6) is 5.75 Å². The molecule has 0 unspecified atom stereocenters. The highest BCUT2D eigenvalue weighted by Crippen LogP contribution is 2.19. The molecule has 0 aliphatic heterocycles. The van der Waals surface area contributed by atoms with Crippen LogP contribution in [-0.4, -0.2) is 11.1 Å². The molecule has 0 saturated carbocycles. The van der Waals surface area contributed by atoms with Crippen molar-refractivity contribution in [3.8, 4) is 5.75 Å². The molecule has 0 atom stereocenters. The van der Waals surface area contributed by atoms with Crippen LogP contribution < -0.4 is 4.74 Å². The van der Waals surface area contributed by atoms with Crippen LogP contribution in [0.2, 0.25) is 0 Å². The number of hydrogen-bond acceptors (Lipinski definition) is 3. The van der Waals surface area contributed by atoms with Gasteiger partial charge in [-0.1, -0.05) is 26.0 Å². The number of hydrogen-bond donors (Lipinski definition) is 1. The lowest BCUT2D eigenvalue weighted by Gasteiger charge is -2.07. The van der Waals surface area contributed by atoms with Crippen molar-refractivity contribution in [1.82, 2.24) is 0 Å². The fraction of sp³-hybridized carbons (Fsp3) is 0.267. The van der Waals surface area contributed by atoms with Crippen LogP contribution in [-0.2, 0) is 6.61 Å². The Labute approximate surface area is 111 Å². The minimum absolute atomic E-state index is 0.133. The number of benzene rings is 1. The van der Waals surface area contributed by atoms with Crippen molar-refractivity contribution in [2.45, 2.75) is 26.4 Å². The average molecular weight is 260 g/mol. The van der Waals surface area contributed by atoms with E-state index in [1.807, 2.05) is 24.3 Å². The van der Waals surface area contributed by atoms with Crippen LogP contribution in [0.1, 0.15) is 41.4 Å². The molecule has 1 aromatic heterocycles. The summed E-state index contributed by atoms with van der Waals surface area (Å²) >= 11 is 0. The molecule has 0 saturated heterocycles. The number of carbonyl (C=O) groups is 1. The molecular weight excluding hydrogens is 244 g/mol. The van der Waals surface area contributed by atoms with Crippen LogP contribution in [0.3, 0.4) is 0 Å². The lowest BCUT2D eigenvalue weighted by molar-refractivity contribution is 0.0696. The highest BCUT2D eigenvalue weighted by Gasteiger charge is 2.08. The number of aromatic carboxylic acids is 1. The minimum Gasteiger partial charge on any atom is -0.486 e. The average Bonchev–Trinajstić information content (AvgIpc) is 2.86. The van der Waals surface area contributed by atoms with E-state index >= 15 is 0 Å². The zero-order valence-corrected chi connectivity index (χ0v) is 10.9. The molecule has 100 valence electrons. The fourth-order valence-electron chi connectivity index (χ4n) is 1.67. The van der Waals surface area contributed by atoms with E-state index in [-0.39, 0.29) is 12.2 Å². The smallest absolute Gasteiger partial charge is 0.338 e. The number of carboxylic acids is 1. The quantitative estimate of drug-likeness (QED) is 0.890. The standard InChI is InChI=1S/C15H16O4/c1-10(2)11-3-5-13(6-4-11)19-9-14-7-12(8-18-14)15(16)17/h3-8,10H,9H2,1-2H3,(H,16,17). The highest BCUT2D eigenvalue weighted by atomic mass is 16.5. The lowest BCUT2D eigenvalue weighted by Crippen LogP contribution is -1.95.